The van der Waals surface area contributed by atoms with Crippen LogP contribution in [-0.2, 0) is 0 Å². The van der Waals surface area contributed by atoms with Gasteiger partial charge in [0.25, 0.3) is 0 Å². The van der Waals surface area contributed by atoms with Crippen LogP contribution in [0.25, 0.3) is 44.8 Å². The Kier molecular flexibility index (Phi) is 6.09. The molecule has 0 fully saturated rings. The molecule has 1 heterocycles. The zero-order chi connectivity index (χ0) is 23.3. The Morgan fingerprint density at radius 3 is 1.29 bits per heavy atom. The Bertz CT molecular complexity index is 1310. The summed E-state index contributed by atoms with van der Waals surface area (Å²) in [7, 11) is 3.38. The first-order valence-electron chi connectivity index (χ1n) is 11.2. The Balaban J connectivity index is 1.61. The molecule has 0 atom stereocenters. The molecule has 0 amide bonds. The van der Waals surface area contributed by atoms with Gasteiger partial charge in [-0.3, -0.25) is 0 Å². The lowest BCUT2D eigenvalue weighted by Gasteiger charge is -2.14. The van der Waals surface area contributed by atoms with Crippen molar-refractivity contribution in [2.75, 3.05) is 14.2 Å². The van der Waals surface area contributed by atoms with E-state index in [1.165, 1.54) is 0 Å². The minimum atomic E-state index is 0.786. The Morgan fingerprint density at radius 2 is 0.882 bits per heavy atom. The fraction of sp³-hybridized carbons (Fsp3) is 0.0645. The molecule has 0 spiro atoms. The van der Waals surface area contributed by atoms with E-state index in [0.29, 0.717) is 0 Å². The highest BCUT2D eigenvalue weighted by molar-refractivity contribution is 5.80. The summed E-state index contributed by atoms with van der Waals surface area (Å²) in [6.45, 7) is 0. The first kappa shape index (κ1) is 21.5. The topological polar surface area (TPSA) is 31.4 Å². The van der Waals surface area contributed by atoms with E-state index in [1.807, 2.05) is 66.7 Å². The van der Waals surface area contributed by atoms with Gasteiger partial charge in [0, 0.05) is 11.1 Å². The number of hydrogen-bond acceptors (Lipinski definition) is 3. The lowest BCUT2D eigenvalue weighted by atomic mass is 9.99. The van der Waals surface area contributed by atoms with E-state index in [0.717, 1.165) is 56.3 Å². The first-order chi connectivity index (χ1) is 16.8. The third-order valence-electron chi connectivity index (χ3n) is 5.91. The summed E-state index contributed by atoms with van der Waals surface area (Å²) in [5, 5.41) is 0. The molecular weight excluding hydrogens is 418 g/mol. The molecule has 3 heteroatoms. The lowest BCUT2D eigenvalue weighted by Crippen LogP contribution is -1.95. The second kappa shape index (κ2) is 9.63. The number of methoxy groups -OCH3 is 2. The van der Waals surface area contributed by atoms with Crippen LogP contribution in [0.5, 0.6) is 11.5 Å². The molecular formula is C31H25NO2. The second-order valence-electron chi connectivity index (χ2n) is 7.97. The van der Waals surface area contributed by atoms with Gasteiger partial charge in [-0.05, 0) is 58.7 Å². The molecule has 1 aromatic heterocycles. The van der Waals surface area contributed by atoms with Crippen molar-refractivity contribution in [3.05, 3.63) is 115 Å². The highest BCUT2D eigenvalue weighted by Gasteiger charge is 2.14. The molecule has 34 heavy (non-hydrogen) atoms. The number of hydrogen-bond donors (Lipinski definition) is 0. The average Bonchev–Trinajstić information content (AvgIpc) is 2.93. The highest BCUT2D eigenvalue weighted by atomic mass is 16.5. The van der Waals surface area contributed by atoms with Gasteiger partial charge in [0.05, 0.1) is 25.6 Å². The van der Waals surface area contributed by atoms with Crippen molar-refractivity contribution in [3.63, 3.8) is 0 Å². The predicted molar refractivity (Wildman–Crippen MR) is 139 cm³/mol. The Labute approximate surface area is 200 Å². The van der Waals surface area contributed by atoms with Crippen LogP contribution in [0.3, 0.4) is 0 Å². The van der Waals surface area contributed by atoms with Crippen LogP contribution in [0.15, 0.2) is 115 Å². The maximum atomic E-state index is 5.69. The fourth-order valence-electron chi connectivity index (χ4n) is 4.17. The van der Waals surface area contributed by atoms with Crippen molar-refractivity contribution in [1.82, 2.24) is 4.98 Å². The summed E-state index contributed by atoms with van der Waals surface area (Å²) in [5.41, 5.74) is 8.13. The quantitative estimate of drug-likeness (QED) is 0.269. The van der Waals surface area contributed by atoms with Gasteiger partial charge in [-0.1, -0.05) is 78.9 Å². The number of nitrogens with zero attached hydrogens (tertiary/aromatic N) is 1. The minimum absolute atomic E-state index is 0.786. The van der Waals surface area contributed by atoms with Gasteiger partial charge in [0.2, 0.25) is 0 Å². The maximum absolute atomic E-state index is 5.69. The van der Waals surface area contributed by atoms with E-state index in [-0.39, 0.29) is 0 Å². The zero-order valence-electron chi connectivity index (χ0n) is 19.2. The summed E-state index contributed by atoms with van der Waals surface area (Å²) < 4.78 is 11.4. The molecule has 166 valence electrons. The number of pyridine rings is 1. The number of ether oxygens (including phenoxy) is 2. The highest BCUT2D eigenvalue weighted by Crippen LogP contribution is 2.37. The van der Waals surface area contributed by atoms with Crippen molar-refractivity contribution in [2.24, 2.45) is 0 Å². The van der Waals surface area contributed by atoms with Gasteiger partial charge < -0.3 is 9.47 Å². The van der Waals surface area contributed by atoms with Crippen molar-refractivity contribution in [3.8, 4) is 56.3 Å². The van der Waals surface area contributed by atoms with Gasteiger partial charge in [-0.2, -0.15) is 0 Å². The van der Waals surface area contributed by atoms with Crippen molar-refractivity contribution in [2.45, 2.75) is 0 Å². The van der Waals surface area contributed by atoms with Crippen LogP contribution in [0.1, 0.15) is 0 Å². The van der Waals surface area contributed by atoms with Crippen LogP contribution in [0, 0.1) is 0 Å². The second-order valence-corrected chi connectivity index (χ2v) is 7.97. The number of rotatable bonds is 6. The summed E-state index contributed by atoms with van der Waals surface area (Å²) in [4.78, 5) is 5.04. The van der Waals surface area contributed by atoms with Gasteiger partial charge in [-0.25, -0.2) is 4.98 Å². The molecule has 0 radical (unpaired) electrons. The predicted octanol–water partition coefficient (Wildman–Crippen LogP) is 7.77. The van der Waals surface area contributed by atoms with Crippen LogP contribution >= 0.6 is 0 Å². The summed E-state index contributed by atoms with van der Waals surface area (Å²) in [6.07, 6.45) is 0. The first-order valence-corrected chi connectivity index (χ1v) is 11.2. The van der Waals surface area contributed by atoms with Crippen LogP contribution in [-0.4, -0.2) is 19.2 Å². The summed E-state index contributed by atoms with van der Waals surface area (Å²) >= 11 is 0. The van der Waals surface area contributed by atoms with Crippen LogP contribution < -0.4 is 9.47 Å². The SMILES string of the molecule is COc1ccc(-c2ccccc2)cc1-c1cccc(-c2cc(-c3ccccc3)ccc2OC)n1. The maximum Gasteiger partial charge on any atom is 0.128 e. The molecule has 3 nitrogen and oxygen atoms in total. The van der Waals surface area contributed by atoms with Gasteiger partial charge in [0.15, 0.2) is 0 Å². The van der Waals surface area contributed by atoms with Crippen molar-refractivity contribution < 1.29 is 9.47 Å². The normalized spacial score (nSPS) is 10.6. The Morgan fingerprint density at radius 1 is 0.441 bits per heavy atom. The molecule has 0 saturated heterocycles. The van der Waals surface area contributed by atoms with E-state index >= 15 is 0 Å². The number of benzene rings is 4. The van der Waals surface area contributed by atoms with Gasteiger partial charge >= 0.3 is 0 Å². The molecule has 0 saturated carbocycles. The van der Waals surface area contributed by atoms with Crippen molar-refractivity contribution in [1.29, 1.82) is 0 Å². The lowest BCUT2D eigenvalue weighted by molar-refractivity contribution is 0.416. The monoisotopic (exact) mass is 443 g/mol. The van der Waals surface area contributed by atoms with Crippen LogP contribution in [0.2, 0.25) is 0 Å². The molecule has 0 aliphatic heterocycles. The molecule has 0 aliphatic carbocycles. The molecule has 5 aromatic rings. The number of aromatic nitrogens is 1. The third kappa shape index (κ3) is 4.28. The zero-order valence-corrected chi connectivity index (χ0v) is 19.2. The van der Waals surface area contributed by atoms with E-state index in [2.05, 4.69) is 48.5 Å². The third-order valence-corrected chi connectivity index (χ3v) is 5.91. The molecule has 0 N–H and O–H groups in total. The van der Waals surface area contributed by atoms with E-state index in [1.54, 1.807) is 14.2 Å². The Hall–Kier alpha value is -4.37. The molecule has 0 aliphatic rings. The van der Waals surface area contributed by atoms with E-state index in [9.17, 15) is 0 Å². The van der Waals surface area contributed by atoms with Gasteiger partial charge in [-0.15, -0.1) is 0 Å². The van der Waals surface area contributed by atoms with E-state index in [4.69, 9.17) is 14.5 Å². The largest absolute Gasteiger partial charge is 0.496 e. The van der Waals surface area contributed by atoms with Crippen molar-refractivity contribution >= 4 is 0 Å². The fourth-order valence-corrected chi connectivity index (χ4v) is 4.17. The molecule has 5 rings (SSSR count). The van der Waals surface area contributed by atoms with E-state index < -0.39 is 0 Å². The summed E-state index contributed by atoms with van der Waals surface area (Å²) in [5.74, 6) is 1.57. The smallest absolute Gasteiger partial charge is 0.128 e. The summed E-state index contributed by atoms with van der Waals surface area (Å²) in [6, 6.07) is 39.2. The van der Waals surface area contributed by atoms with Crippen LogP contribution in [0.4, 0.5) is 0 Å². The standard InChI is InChI=1S/C31H25NO2/c1-33-30-18-16-24(22-10-5-3-6-11-22)20-26(30)28-14-9-15-29(32-28)27-21-25(17-19-31(27)34-2)23-12-7-4-8-13-23/h3-21H,1-2H3. The molecule has 4 aromatic carbocycles. The van der Waals surface area contributed by atoms with Gasteiger partial charge in [0.1, 0.15) is 11.5 Å². The minimum Gasteiger partial charge on any atom is -0.496 e. The molecule has 0 bridgehead atoms. The molecule has 0 unspecified atom stereocenters. The average molecular weight is 444 g/mol.